The van der Waals surface area contributed by atoms with Gasteiger partial charge >= 0.3 is 12.1 Å². The molecule has 0 aromatic heterocycles. The molecule has 0 saturated heterocycles. The number of halogens is 1. The van der Waals surface area contributed by atoms with Crippen molar-refractivity contribution in [3.8, 4) is 0 Å². The van der Waals surface area contributed by atoms with Crippen molar-refractivity contribution in [2.45, 2.75) is 26.3 Å². The number of hydrogen-bond acceptors (Lipinski definition) is 6. The third-order valence-corrected chi connectivity index (χ3v) is 4.22. The van der Waals surface area contributed by atoms with E-state index in [1.165, 1.54) is 17.7 Å². The molecule has 0 spiro atoms. The second kappa shape index (κ2) is 13.4. The maximum absolute atomic E-state index is 11.1. The second-order valence-corrected chi connectivity index (χ2v) is 6.40. The first-order valence-electron chi connectivity index (χ1n) is 8.60. The molecule has 0 atom stereocenters. The molecular formula is C19H29ClN6O4. The van der Waals surface area contributed by atoms with Crippen molar-refractivity contribution in [3.05, 3.63) is 58.7 Å². The number of carbonyl (C=O) groups is 2. The fraction of sp³-hybridized carbons (Fsp3) is 0.263. The van der Waals surface area contributed by atoms with Crippen molar-refractivity contribution in [1.29, 1.82) is 0 Å². The minimum atomic E-state index is -0.486. The Morgan fingerprint density at radius 2 is 1.80 bits per heavy atom. The number of aryl methyl sites for hydroxylation is 2. The Bertz CT molecular complexity index is 850. The Balaban J connectivity index is 0.000000503. The summed E-state index contributed by atoms with van der Waals surface area (Å²) < 4.78 is 4.49. The lowest BCUT2D eigenvalue weighted by atomic mass is 10.1. The summed E-state index contributed by atoms with van der Waals surface area (Å²) in [6.45, 7) is 4.46. The third kappa shape index (κ3) is 7.85. The number of nitrogens with one attached hydrogen (secondary N) is 2. The number of hydrogen-bond donors (Lipinski definition) is 5. The summed E-state index contributed by atoms with van der Waals surface area (Å²) in [7, 11) is 1.32. The summed E-state index contributed by atoms with van der Waals surface area (Å²) in [6.07, 6.45) is -0.486. The highest BCUT2D eigenvalue weighted by Crippen LogP contribution is 2.22. The van der Waals surface area contributed by atoms with Gasteiger partial charge in [-0.15, -0.1) is 11.6 Å². The highest BCUT2D eigenvalue weighted by Gasteiger charge is 2.19. The fourth-order valence-electron chi connectivity index (χ4n) is 2.53. The van der Waals surface area contributed by atoms with Gasteiger partial charge in [0, 0.05) is 17.3 Å². The van der Waals surface area contributed by atoms with E-state index < -0.39 is 6.09 Å². The minimum Gasteiger partial charge on any atom is -0.453 e. The number of urea groups is 1. The second-order valence-electron chi connectivity index (χ2n) is 6.13. The van der Waals surface area contributed by atoms with Crippen LogP contribution in [0.2, 0.25) is 0 Å². The maximum atomic E-state index is 11.1. The Labute approximate surface area is 180 Å². The van der Waals surface area contributed by atoms with E-state index in [1.54, 1.807) is 0 Å². The van der Waals surface area contributed by atoms with Gasteiger partial charge in [-0.25, -0.2) is 15.4 Å². The number of amides is 3. The SMILES string of the molecule is COC(=O)Nc1ccc(C)cc1CCl.Cc1ccc2c(c1)CN(N)C(=O)N2.NN.O. The molecule has 0 saturated carbocycles. The van der Waals surface area contributed by atoms with E-state index >= 15 is 0 Å². The smallest absolute Gasteiger partial charge is 0.411 e. The zero-order valence-corrected chi connectivity index (χ0v) is 17.9. The predicted molar refractivity (Wildman–Crippen MR) is 119 cm³/mol. The van der Waals surface area contributed by atoms with Crippen LogP contribution < -0.4 is 28.2 Å². The normalized spacial score (nSPS) is 11.3. The zero-order chi connectivity index (χ0) is 22.0. The van der Waals surface area contributed by atoms with Gasteiger partial charge in [-0.05, 0) is 37.1 Å². The van der Waals surface area contributed by atoms with E-state index in [-0.39, 0.29) is 11.5 Å². The van der Waals surface area contributed by atoms with Gasteiger partial charge in [0.05, 0.1) is 13.7 Å². The van der Waals surface area contributed by atoms with Crippen molar-refractivity contribution >= 4 is 35.1 Å². The molecule has 0 radical (unpaired) electrons. The third-order valence-electron chi connectivity index (χ3n) is 3.93. The van der Waals surface area contributed by atoms with Gasteiger partial charge in [0.2, 0.25) is 0 Å². The largest absolute Gasteiger partial charge is 0.453 e. The Morgan fingerprint density at radius 3 is 2.40 bits per heavy atom. The van der Waals surface area contributed by atoms with Gasteiger partial charge in [0.1, 0.15) is 0 Å². The van der Waals surface area contributed by atoms with Gasteiger partial charge in [0.25, 0.3) is 0 Å². The van der Waals surface area contributed by atoms with E-state index in [2.05, 4.69) is 27.1 Å². The van der Waals surface area contributed by atoms with Gasteiger partial charge in [-0.3, -0.25) is 22.0 Å². The van der Waals surface area contributed by atoms with Crippen LogP contribution in [0.1, 0.15) is 22.3 Å². The standard InChI is InChI=1S/C10H12ClNO2.C9H11N3O.H4N2.H2O/c1-7-3-4-9(8(5-7)6-11)12-10(13)14-2;1-6-2-3-8-7(4-6)5-12(10)9(13)11-8;1-2;/h3-5H,6H2,1-2H3,(H,12,13);2-4H,5,10H2,1H3,(H,11,13);1-2H2;1H2. The number of hydrazine groups is 2. The van der Waals surface area contributed by atoms with Crippen molar-refractivity contribution in [1.82, 2.24) is 5.01 Å². The summed E-state index contributed by atoms with van der Waals surface area (Å²) in [4.78, 5) is 22.1. The van der Waals surface area contributed by atoms with E-state index in [0.717, 1.165) is 22.4 Å². The average Bonchev–Trinajstić information content (AvgIpc) is 2.72. The average molecular weight is 441 g/mol. The monoisotopic (exact) mass is 440 g/mol. The van der Waals surface area contributed by atoms with E-state index in [1.807, 2.05) is 50.2 Å². The number of nitrogens with two attached hydrogens (primary N) is 3. The van der Waals surface area contributed by atoms with Crippen molar-refractivity contribution < 1.29 is 19.8 Å². The van der Waals surface area contributed by atoms with Crippen LogP contribution in [0.3, 0.4) is 0 Å². The molecule has 0 unspecified atom stereocenters. The van der Waals surface area contributed by atoms with Crippen molar-refractivity contribution in [2.24, 2.45) is 17.5 Å². The zero-order valence-electron chi connectivity index (χ0n) is 17.2. The summed E-state index contributed by atoms with van der Waals surface area (Å²) in [5.74, 6) is 13.8. The summed E-state index contributed by atoms with van der Waals surface area (Å²) in [5.41, 5.74) is 5.77. The number of benzene rings is 2. The lowest BCUT2D eigenvalue weighted by molar-refractivity contribution is 0.187. The van der Waals surface area contributed by atoms with Crippen LogP contribution in [0.5, 0.6) is 0 Å². The van der Waals surface area contributed by atoms with E-state index in [9.17, 15) is 9.59 Å². The van der Waals surface area contributed by atoms with Crippen LogP contribution in [0.25, 0.3) is 0 Å². The lowest BCUT2D eigenvalue weighted by Crippen LogP contribution is -2.43. The Morgan fingerprint density at radius 1 is 1.20 bits per heavy atom. The summed E-state index contributed by atoms with van der Waals surface area (Å²) >= 11 is 5.74. The highest BCUT2D eigenvalue weighted by molar-refractivity contribution is 6.17. The molecule has 0 aliphatic carbocycles. The Hall–Kier alpha value is -2.89. The summed E-state index contributed by atoms with van der Waals surface area (Å²) in [6, 6.07) is 11.3. The maximum Gasteiger partial charge on any atom is 0.411 e. The number of ether oxygens (including phenoxy) is 1. The van der Waals surface area contributed by atoms with Crippen LogP contribution in [0, 0.1) is 13.8 Å². The number of methoxy groups -OCH3 is 1. The number of alkyl halides is 1. The molecule has 1 aliphatic heterocycles. The molecule has 0 bridgehead atoms. The molecule has 0 fully saturated rings. The first-order valence-corrected chi connectivity index (χ1v) is 9.14. The first-order chi connectivity index (χ1) is 13.8. The van der Waals surface area contributed by atoms with Crippen molar-refractivity contribution in [3.63, 3.8) is 0 Å². The van der Waals surface area contributed by atoms with Crippen LogP contribution in [0.4, 0.5) is 21.0 Å². The molecule has 1 aliphatic rings. The molecule has 11 heteroatoms. The number of nitrogens with zero attached hydrogens (tertiary/aromatic N) is 1. The molecule has 10 nitrogen and oxygen atoms in total. The van der Waals surface area contributed by atoms with Crippen LogP contribution in [0.15, 0.2) is 36.4 Å². The fourth-order valence-corrected chi connectivity index (χ4v) is 2.75. The molecule has 166 valence electrons. The molecule has 2 aromatic carbocycles. The van der Waals surface area contributed by atoms with Gasteiger partial charge < -0.3 is 15.5 Å². The van der Waals surface area contributed by atoms with E-state index in [0.29, 0.717) is 18.1 Å². The number of fused-ring (bicyclic) bond motifs is 1. The molecule has 3 amide bonds. The van der Waals surface area contributed by atoms with Crippen LogP contribution >= 0.6 is 11.6 Å². The van der Waals surface area contributed by atoms with Crippen LogP contribution in [-0.2, 0) is 17.2 Å². The number of rotatable bonds is 2. The highest BCUT2D eigenvalue weighted by atomic mass is 35.5. The minimum absolute atomic E-state index is 0. The van der Waals surface area contributed by atoms with Gasteiger partial charge in [-0.2, -0.15) is 0 Å². The molecule has 10 N–H and O–H groups in total. The molecule has 30 heavy (non-hydrogen) atoms. The van der Waals surface area contributed by atoms with Gasteiger partial charge in [-0.1, -0.05) is 35.4 Å². The lowest BCUT2D eigenvalue weighted by Gasteiger charge is -2.25. The molecule has 2 aromatic rings. The predicted octanol–water partition coefficient (Wildman–Crippen LogP) is 2.12. The number of carbonyl (C=O) groups excluding carboxylic acids is 2. The summed E-state index contributed by atoms with van der Waals surface area (Å²) in [5, 5.41) is 6.46. The quantitative estimate of drug-likeness (QED) is 0.206. The molecular weight excluding hydrogens is 412 g/mol. The first kappa shape index (κ1) is 27.1. The molecule has 1 heterocycles. The topological polar surface area (TPSA) is 180 Å². The van der Waals surface area contributed by atoms with Crippen molar-refractivity contribution in [2.75, 3.05) is 17.7 Å². The van der Waals surface area contributed by atoms with Crippen LogP contribution in [-0.4, -0.2) is 29.7 Å². The van der Waals surface area contributed by atoms with E-state index in [4.69, 9.17) is 17.4 Å². The molecule has 3 rings (SSSR count). The number of anilines is 2. The van der Waals surface area contributed by atoms with Gasteiger partial charge in [0.15, 0.2) is 0 Å². The Kier molecular flexibility index (Phi) is 12.1.